The maximum absolute atomic E-state index is 11.0. The maximum atomic E-state index is 11.0. The molecule has 0 aromatic carbocycles. The zero-order chi connectivity index (χ0) is 15.4. The van der Waals surface area contributed by atoms with Gasteiger partial charge in [0.15, 0.2) is 5.82 Å². The first-order chi connectivity index (χ1) is 9.97. The van der Waals surface area contributed by atoms with Gasteiger partial charge >= 0.3 is 5.97 Å². The van der Waals surface area contributed by atoms with Crippen LogP contribution in [0, 0.1) is 12.8 Å². The molecule has 0 aliphatic rings. The van der Waals surface area contributed by atoms with E-state index in [1.54, 1.807) is 19.3 Å². The molecule has 0 saturated carbocycles. The average Bonchev–Trinajstić information content (AvgIpc) is 2.47. The summed E-state index contributed by atoms with van der Waals surface area (Å²) >= 11 is 0. The number of pyridine rings is 1. The van der Waals surface area contributed by atoms with Crippen LogP contribution in [0.4, 0.5) is 5.82 Å². The van der Waals surface area contributed by atoms with Crippen molar-refractivity contribution in [3.63, 3.8) is 0 Å². The van der Waals surface area contributed by atoms with E-state index in [-0.39, 0.29) is 0 Å². The number of hydrogen-bond acceptors (Lipinski definition) is 5. The van der Waals surface area contributed by atoms with E-state index in [9.17, 15) is 4.79 Å². The van der Waals surface area contributed by atoms with Crippen molar-refractivity contribution < 1.29 is 9.90 Å². The Morgan fingerprint density at radius 1 is 1.43 bits per heavy atom. The Balaban J connectivity index is 2.29. The first-order valence-corrected chi connectivity index (χ1v) is 6.67. The smallest absolute Gasteiger partial charge is 0.308 e. The van der Waals surface area contributed by atoms with Crippen molar-refractivity contribution in [2.75, 3.05) is 18.5 Å². The molecule has 2 aromatic heterocycles. The third kappa shape index (κ3) is 3.75. The molecule has 0 radical (unpaired) electrons. The van der Waals surface area contributed by atoms with Crippen LogP contribution in [0.15, 0.2) is 30.6 Å². The predicted octanol–water partition coefficient (Wildman–Crippen LogP) is 2.00. The number of aromatic nitrogens is 3. The van der Waals surface area contributed by atoms with Crippen molar-refractivity contribution in [2.45, 2.75) is 13.8 Å². The van der Waals surface area contributed by atoms with Crippen molar-refractivity contribution in [2.24, 2.45) is 5.92 Å². The van der Waals surface area contributed by atoms with Gasteiger partial charge in [0.05, 0.1) is 5.92 Å². The molecular formula is C15H18N4O2. The standard InChI is InChI=1S/C15H18N4O2/c1-10(15(20)21)9-19(3)13-7-11(2)17-14(18-13)12-5-4-6-16-8-12/h4-8,10H,9H2,1-3H3,(H,20,21). The van der Waals surface area contributed by atoms with Gasteiger partial charge in [-0.3, -0.25) is 9.78 Å². The molecule has 1 unspecified atom stereocenters. The number of anilines is 1. The topological polar surface area (TPSA) is 79.2 Å². The minimum atomic E-state index is -0.819. The van der Waals surface area contributed by atoms with Gasteiger partial charge in [0, 0.05) is 43.3 Å². The van der Waals surface area contributed by atoms with Crippen LogP contribution in [0.3, 0.4) is 0 Å². The Morgan fingerprint density at radius 3 is 2.81 bits per heavy atom. The number of carboxylic acid groups (broad SMARTS) is 1. The summed E-state index contributed by atoms with van der Waals surface area (Å²) in [4.78, 5) is 25.8. The molecule has 0 saturated heterocycles. The van der Waals surface area contributed by atoms with E-state index < -0.39 is 11.9 Å². The Bertz CT molecular complexity index is 631. The van der Waals surface area contributed by atoms with E-state index in [0.717, 1.165) is 11.3 Å². The molecule has 1 N–H and O–H groups in total. The van der Waals surface area contributed by atoms with Gasteiger partial charge in [-0.1, -0.05) is 6.92 Å². The van der Waals surface area contributed by atoms with Crippen LogP contribution < -0.4 is 4.90 Å². The highest BCUT2D eigenvalue weighted by atomic mass is 16.4. The van der Waals surface area contributed by atoms with Crippen LogP contribution in [-0.4, -0.2) is 39.6 Å². The summed E-state index contributed by atoms with van der Waals surface area (Å²) in [6.07, 6.45) is 3.40. The molecule has 6 nitrogen and oxygen atoms in total. The van der Waals surface area contributed by atoms with E-state index in [1.807, 2.05) is 37.1 Å². The fourth-order valence-corrected chi connectivity index (χ4v) is 1.95. The third-order valence-corrected chi connectivity index (χ3v) is 3.12. The minimum Gasteiger partial charge on any atom is -0.481 e. The van der Waals surface area contributed by atoms with Crippen LogP contribution in [0.2, 0.25) is 0 Å². The zero-order valence-electron chi connectivity index (χ0n) is 12.3. The minimum absolute atomic E-state index is 0.387. The quantitative estimate of drug-likeness (QED) is 0.905. The van der Waals surface area contributed by atoms with Crippen LogP contribution in [0.1, 0.15) is 12.6 Å². The highest BCUT2D eigenvalue weighted by Gasteiger charge is 2.16. The van der Waals surface area contributed by atoms with Crippen molar-refractivity contribution in [3.8, 4) is 11.4 Å². The Labute approximate surface area is 123 Å². The summed E-state index contributed by atoms with van der Waals surface area (Å²) < 4.78 is 0. The van der Waals surface area contributed by atoms with Gasteiger partial charge in [-0.15, -0.1) is 0 Å². The number of aliphatic carboxylic acids is 1. The van der Waals surface area contributed by atoms with Crippen LogP contribution in [-0.2, 0) is 4.79 Å². The second-order valence-corrected chi connectivity index (χ2v) is 5.05. The van der Waals surface area contributed by atoms with Crippen LogP contribution in [0.5, 0.6) is 0 Å². The summed E-state index contributed by atoms with van der Waals surface area (Å²) in [5, 5.41) is 9.00. The Hall–Kier alpha value is -2.50. The van der Waals surface area contributed by atoms with Gasteiger partial charge in [-0.2, -0.15) is 0 Å². The first kappa shape index (κ1) is 14.9. The monoisotopic (exact) mass is 286 g/mol. The lowest BCUT2D eigenvalue weighted by Gasteiger charge is -2.21. The normalized spacial score (nSPS) is 12.0. The van der Waals surface area contributed by atoms with E-state index in [4.69, 9.17) is 5.11 Å². The van der Waals surface area contributed by atoms with Gasteiger partial charge in [0.1, 0.15) is 5.82 Å². The van der Waals surface area contributed by atoms with E-state index in [1.165, 1.54) is 0 Å². The Morgan fingerprint density at radius 2 is 2.19 bits per heavy atom. The van der Waals surface area contributed by atoms with Gasteiger partial charge in [-0.25, -0.2) is 9.97 Å². The summed E-state index contributed by atoms with van der Waals surface area (Å²) in [5.74, 6) is 0.00889. The molecule has 0 spiro atoms. The first-order valence-electron chi connectivity index (χ1n) is 6.67. The summed E-state index contributed by atoms with van der Waals surface area (Å²) in [6, 6.07) is 5.57. The summed E-state index contributed by atoms with van der Waals surface area (Å²) in [5.41, 5.74) is 1.66. The highest BCUT2D eigenvalue weighted by Crippen LogP contribution is 2.19. The fraction of sp³-hybridized carbons (Fsp3) is 0.333. The van der Waals surface area contributed by atoms with Crippen molar-refractivity contribution in [1.29, 1.82) is 0 Å². The molecule has 2 aromatic rings. The summed E-state index contributed by atoms with van der Waals surface area (Å²) in [7, 11) is 1.83. The van der Waals surface area contributed by atoms with Crippen molar-refractivity contribution >= 4 is 11.8 Å². The van der Waals surface area contributed by atoms with Crippen molar-refractivity contribution in [1.82, 2.24) is 15.0 Å². The van der Waals surface area contributed by atoms with Crippen LogP contribution >= 0.6 is 0 Å². The number of aryl methyl sites for hydroxylation is 1. The summed E-state index contributed by atoms with van der Waals surface area (Å²) in [6.45, 7) is 3.95. The molecule has 6 heteroatoms. The molecule has 2 rings (SSSR count). The SMILES string of the molecule is Cc1cc(N(C)CC(C)C(=O)O)nc(-c2cccnc2)n1. The van der Waals surface area contributed by atoms with Gasteiger partial charge in [0.2, 0.25) is 0 Å². The molecule has 1 atom stereocenters. The second kappa shape index (κ2) is 6.30. The number of rotatable bonds is 5. The predicted molar refractivity (Wildman–Crippen MR) is 80.1 cm³/mol. The van der Waals surface area contributed by atoms with Gasteiger partial charge in [-0.05, 0) is 19.1 Å². The van der Waals surface area contributed by atoms with E-state index in [0.29, 0.717) is 18.2 Å². The molecule has 0 amide bonds. The Kier molecular flexibility index (Phi) is 4.47. The average molecular weight is 286 g/mol. The lowest BCUT2D eigenvalue weighted by molar-refractivity contribution is -0.140. The number of carboxylic acids is 1. The largest absolute Gasteiger partial charge is 0.481 e. The molecule has 0 fully saturated rings. The molecule has 0 bridgehead atoms. The molecule has 0 aliphatic heterocycles. The molecule has 2 heterocycles. The van der Waals surface area contributed by atoms with E-state index in [2.05, 4.69) is 15.0 Å². The number of hydrogen-bond donors (Lipinski definition) is 1. The number of nitrogens with zero attached hydrogens (tertiary/aromatic N) is 4. The maximum Gasteiger partial charge on any atom is 0.308 e. The molecule has 21 heavy (non-hydrogen) atoms. The lowest BCUT2D eigenvalue weighted by Crippen LogP contribution is -2.29. The third-order valence-electron chi connectivity index (χ3n) is 3.12. The van der Waals surface area contributed by atoms with E-state index >= 15 is 0 Å². The van der Waals surface area contributed by atoms with Gasteiger partial charge in [0.25, 0.3) is 0 Å². The lowest BCUT2D eigenvalue weighted by atomic mass is 10.2. The second-order valence-electron chi connectivity index (χ2n) is 5.05. The van der Waals surface area contributed by atoms with Gasteiger partial charge < -0.3 is 10.0 Å². The zero-order valence-corrected chi connectivity index (χ0v) is 12.3. The fourth-order valence-electron chi connectivity index (χ4n) is 1.95. The van der Waals surface area contributed by atoms with Crippen molar-refractivity contribution in [3.05, 3.63) is 36.3 Å². The molecule has 110 valence electrons. The highest BCUT2D eigenvalue weighted by molar-refractivity contribution is 5.70. The molecule has 0 aliphatic carbocycles. The number of carbonyl (C=O) groups is 1. The van der Waals surface area contributed by atoms with Crippen LogP contribution in [0.25, 0.3) is 11.4 Å². The molecular weight excluding hydrogens is 268 g/mol.